The van der Waals surface area contributed by atoms with Crippen LogP contribution in [0.15, 0.2) is 23.7 Å². The zero-order valence-electron chi connectivity index (χ0n) is 15.6. The van der Waals surface area contributed by atoms with Crippen molar-refractivity contribution in [1.29, 1.82) is 0 Å². The molecule has 0 saturated heterocycles. The number of rotatable bonds is 9. The molecule has 0 heterocycles. The molecule has 0 fully saturated rings. The molecule has 0 aliphatic rings. The summed E-state index contributed by atoms with van der Waals surface area (Å²) in [6.45, 7) is 7.42. The average molecular weight is 441 g/mol. The van der Waals surface area contributed by atoms with Crippen LogP contribution in [0, 0.1) is 11.7 Å². The first-order chi connectivity index (χ1) is 12.4. The van der Waals surface area contributed by atoms with Gasteiger partial charge in [0.15, 0.2) is 0 Å². The third-order valence-electron chi connectivity index (χ3n) is 3.95. The maximum absolute atomic E-state index is 14.4. The summed E-state index contributed by atoms with van der Waals surface area (Å²) in [6, 6.07) is 1.99. The van der Waals surface area contributed by atoms with E-state index in [9.17, 15) is 17.6 Å². The number of benzene rings is 1. The molecule has 0 aromatic heterocycles. The van der Waals surface area contributed by atoms with Crippen LogP contribution >= 0.6 is 23.2 Å². The van der Waals surface area contributed by atoms with Crippen molar-refractivity contribution in [2.75, 3.05) is 14.1 Å². The molecule has 1 amide bonds. The molecule has 0 aliphatic heterocycles. The SMILES string of the molecule is C=C(Cl)CC(CC)C(C)Oc1cc(F)c(C(=O)NS(=O)(=O)N(C)C)cc1Cl. The van der Waals surface area contributed by atoms with Gasteiger partial charge in [-0.1, -0.05) is 36.7 Å². The van der Waals surface area contributed by atoms with Crippen molar-refractivity contribution in [2.24, 2.45) is 5.92 Å². The summed E-state index contributed by atoms with van der Waals surface area (Å²) < 4.78 is 46.0. The number of nitrogens with zero attached hydrogens (tertiary/aromatic N) is 1. The lowest BCUT2D eigenvalue weighted by atomic mass is 9.96. The van der Waals surface area contributed by atoms with Crippen LogP contribution in [0.1, 0.15) is 37.0 Å². The number of nitrogens with one attached hydrogen (secondary N) is 1. The van der Waals surface area contributed by atoms with Crippen molar-refractivity contribution in [3.8, 4) is 5.75 Å². The van der Waals surface area contributed by atoms with Crippen LogP contribution in [0.2, 0.25) is 5.02 Å². The molecule has 0 saturated carbocycles. The highest BCUT2D eigenvalue weighted by atomic mass is 35.5. The Bertz CT molecular complexity index is 815. The predicted octanol–water partition coefficient (Wildman–Crippen LogP) is 3.95. The number of halogens is 3. The summed E-state index contributed by atoms with van der Waals surface area (Å²) in [7, 11) is -1.59. The van der Waals surface area contributed by atoms with E-state index in [1.54, 1.807) is 11.6 Å². The summed E-state index contributed by atoms with van der Waals surface area (Å²) in [4.78, 5) is 12.1. The van der Waals surface area contributed by atoms with Gasteiger partial charge in [0.1, 0.15) is 11.6 Å². The van der Waals surface area contributed by atoms with Crippen LogP contribution in [-0.4, -0.2) is 38.8 Å². The van der Waals surface area contributed by atoms with E-state index in [1.807, 2.05) is 6.92 Å². The largest absolute Gasteiger partial charge is 0.489 e. The van der Waals surface area contributed by atoms with Crippen LogP contribution < -0.4 is 9.46 Å². The number of ether oxygens (including phenoxy) is 1. The highest BCUT2D eigenvalue weighted by Crippen LogP contribution is 2.31. The van der Waals surface area contributed by atoms with E-state index in [-0.39, 0.29) is 22.8 Å². The Labute approximate surface area is 169 Å². The van der Waals surface area contributed by atoms with E-state index < -0.39 is 27.5 Å². The van der Waals surface area contributed by atoms with Crippen LogP contribution in [0.25, 0.3) is 0 Å². The summed E-state index contributed by atoms with van der Waals surface area (Å²) in [5, 5.41) is 0.471. The molecule has 2 atom stereocenters. The zero-order valence-corrected chi connectivity index (χ0v) is 17.9. The topological polar surface area (TPSA) is 75.7 Å². The van der Waals surface area contributed by atoms with Gasteiger partial charge in [-0.3, -0.25) is 4.79 Å². The van der Waals surface area contributed by atoms with Gasteiger partial charge in [-0.15, -0.1) is 0 Å². The third-order valence-corrected chi connectivity index (χ3v) is 5.81. The molecular formula is C17H23Cl2FN2O4S. The van der Waals surface area contributed by atoms with Gasteiger partial charge in [0, 0.05) is 31.1 Å². The molecule has 2 unspecified atom stereocenters. The highest BCUT2D eigenvalue weighted by Gasteiger charge is 2.24. The van der Waals surface area contributed by atoms with Crippen molar-refractivity contribution in [3.05, 3.63) is 40.1 Å². The van der Waals surface area contributed by atoms with Gasteiger partial charge in [-0.05, 0) is 25.8 Å². The molecule has 27 heavy (non-hydrogen) atoms. The van der Waals surface area contributed by atoms with Crippen molar-refractivity contribution in [3.63, 3.8) is 0 Å². The monoisotopic (exact) mass is 440 g/mol. The second kappa shape index (κ2) is 9.73. The Kier molecular flexibility index (Phi) is 8.53. The summed E-state index contributed by atoms with van der Waals surface area (Å²) in [5.41, 5.74) is -0.508. The Morgan fingerprint density at radius 2 is 2.00 bits per heavy atom. The molecule has 1 aromatic carbocycles. The standard InChI is InChI=1S/C17H23Cl2FN2O4S/c1-6-12(7-10(2)18)11(3)26-16-9-15(20)13(8-14(16)19)17(23)21-27(24,25)22(4)5/h8-9,11-12H,2,6-7H2,1,3-5H3,(H,21,23). The summed E-state index contributed by atoms with van der Waals surface area (Å²) >= 11 is 12.0. The van der Waals surface area contributed by atoms with Gasteiger partial charge < -0.3 is 4.74 Å². The molecule has 1 aromatic rings. The second-order valence-electron chi connectivity index (χ2n) is 6.19. The molecule has 0 aliphatic carbocycles. The molecule has 0 bridgehead atoms. The number of carbonyl (C=O) groups excluding carboxylic acids is 1. The van der Waals surface area contributed by atoms with E-state index >= 15 is 0 Å². The maximum atomic E-state index is 14.4. The molecule has 6 nitrogen and oxygen atoms in total. The molecule has 1 N–H and O–H groups in total. The minimum atomic E-state index is -4.06. The number of allylic oxidation sites excluding steroid dienone is 1. The predicted molar refractivity (Wildman–Crippen MR) is 105 cm³/mol. The van der Waals surface area contributed by atoms with Crippen LogP contribution in [-0.2, 0) is 10.2 Å². The zero-order chi connectivity index (χ0) is 20.9. The van der Waals surface area contributed by atoms with E-state index in [0.717, 1.165) is 22.9 Å². The van der Waals surface area contributed by atoms with Gasteiger partial charge in [0.2, 0.25) is 0 Å². The van der Waals surface area contributed by atoms with Crippen molar-refractivity contribution in [2.45, 2.75) is 32.8 Å². The lowest BCUT2D eigenvalue weighted by Crippen LogP contribution is -2.39. The average Bonchev–Trinajstić information content (AvgIpc) is 2.54. The van der Waals surface area contributed by atoms with Gasteiger partial charge in [0.25, 0.3) is 5.91 Å². The summed E-state index contributed by atoms with van der Waals surface area (Å²) in [6.07, 6.45) is 0.953. The Morgan fingerprint density at radius 3 is 2.48 bits per heavy atom. The maximum Gasteiger partial charge on any atom is 0.303 e. The summed E-state index contributed by atoms with van der Waals surface area (Å²) in [5.74, 6) is -2.00. The fourth-order valence-corrected chi connectivity index (χ4v) is 3.21. The van der Waals surface area contributed by atoms with Crippen molar-refractivity contribution >= 4 is 39.3 Å². The Balaban J connectivity index is 3.04. The van der Waals surface area contributed by atoms with E-state index in [4.69, 9.17) is 27.9 Å². The molecule has 152 valence electrons. The smallest absolute Gasteiger partial charge is 0.303 e. The number of hydrogen-bond donors (Lipinski definition) is 1. The van der Waals surface area contributed by atoms with Gasteiger partial charge in [0.05, 0.1) is 16.7 Å². The lowest BCUT2D eigenvalue weighted by molar-refractivity contribution is 0.0975. The van der Waals surface area contributed by atoms with E-state index in [2.05, 4.69) is 6.58 Å². The van der Waals surface area contributed by atoms with Crippen LogP contribution in [0.4, 0.5) is 4.39 Å². The second-order valence-corrected chi connectivity index (χ2v) is 9.02. The Hall–Kier alpha value is -1.35. The van der Waals surface area contributed by atoms with Crippen LogP contribution in [0.3, 0.4) is 0 Å². The van der Waals surface area contributed by atoms with Crippen molar-refractivity contribution in [1.82, 2.24) is 9.03 Å². The third kappa shape index (κ3) is 6.64. The number of carbonyl (C=O) groups is 1. The molecule has 0 radical (unpaired) electrons. The highest BCUT2D eigenvalue weighted by molar-refractivity contribution is 7.87. The fraction of sp³-hybridized carbons (Fsp3) is 0.471. The fourth-order valence-electron chi connectivity index (χ4n) is 2.28. The number of amides is 1. The first-order valence-corrected chi connectivity index (χ1v) is 10.3. The lowest BCUT2D eigenvalue weighted by Gasteiger charge is -2.24. The van der Waals surface area contributed by atoms with Crippen molar-refractivity contribution < 1.29 is 22.3 Å². The minimum Gasteiger partial charge on any atom is -0.489 e. The normalized spacial score (nSPS) is 13.9. The number of hydrogen-bond acceptors (Lipinski definition) is 4. The molecular weight excluding hydrogens is 418 g/mol. The molecule has 0 spiro atoms. The van der Waals surface area contributed by atoms with E-state index in [0.29, 0.717) is 11.5 Å². The van der Waals surface area contributed by atoms with Gasteiger partial charge >= 0.3 is 10.2 Å². The molecule has 10 heteroatoms. The van der Waals surface area contributed by atoms with E-state index in [1.165, 1.54) is 14.1 Å². The van der Waals surface area contributed by atoms with Gasteiger partial charge in [-0.2, -0.15) is 12.7 Å². The molecule has 1 rings (SSSR count). The minimum absolute atomic E-state index is 0.0183. The van der Waals surface area contributed by atoms with Crippen LogP contribution in [0.5, 0.6) is 5.75 Å². The quantitative estimate of drug-likeness (QED) is 0.630. The Morgan fingerprint density at radius 1 is 1.41 bits per heavy atom. The van der Waals surface area contributed by atoms with Gasteiger partial charge in [-0.25, -0.2) is 9.11 Å². The first-order valence-electron chi connectivity index (χ1n) is 8.12. The first kappa shape index (κ1) is 23.7.